The first-order chi connectivity index (χ1) is 18.0. The predicted molar refractivity (Wildman–Crippen MR) is 138 cm³/mol. The molecule has 37 heavy (non-hydrogen) atoms. The molecule has 4 rings (SSSR count). The standard InChI is InChI=1S/C29H30FN3O4/c1-20(22-7-5-4-6-8-22)33(17-23-15-25(35-2)13-14-27(23)36-3)18-28-32-26(19-37-28)29(34)31-16-21-9-11-24(30)12-10-21/h4-15,19-20H,16-18H2,1-3H3,(H,31,34)/t20-/m1/s1. The third-order valence-corrected chi connectivity index (χ3v) is 6.18. The molecule has 1 N–H and O–H groups in total. The quantitative estimate of drug-likeness (QED) is 0.290. The second kappa shape index (κ2) is 12.2. The van der Waals surface area contributed by atoms with E-state index < -0.39 is 0 Å². The summed E-state index contributed by atoms with van der Waals surface area (Å²) >= 11 is 0. The first kappa shape index (κ1) is 25.9. The van der Waals surface area contributed by atoms with Crippen molar-refractivity contribution in [3.8, 4) is 11.5 Å². The smallest absolute Gasteiger partial charge is 0.273 e. The van der Waals surface area contributed by atoms with E-state index in [4.69, 9.17) is 13.9 Å². The van der Waals surface area contributed by atoms with Gasteiger partial charge >= 0.3 is 0 Å². The Morgan fingerprint density at radius 3 is 2.49 bits per heavy atom. The highest BCUT2D eigenvalue weighted by Crippen LogP contribution is 2.30. The van der Waals surface area contributed by atoms with Crippen molar-refractivity contribution in [2.24, 2.45) is 0 Å². The minimum atomic E-state index is -0.364. The molecule has 8 heteroatoms. The molecular weight excluding hydrogens is 473 g/mol. The van der Waals surface area contributed by atoms with Gasteiger partial charge in [0.2, 0.25) is 5.89 Å². The van der Waals surface area contributed by atoms with Gasteiger partial charge in [-0.1, -0.05) is 42.5 Å². The average Bonchev–Trinajstić information content (AvgIpc) is 3.41. The molecule has 3 aromatic carbocycles. The average molecular weight is 504 g/mol. The van der Waals surface area contributed by atoms with Crippen LogP contribution < -0.4 is 14.8 Å². The predicted octanol–water partition coefficient (Wildman–Crippen LogP) is 5.52. The molecule has 0 unspecified atom stereocenters. The molecule has 0 saturated carbocycles. The number of nitrogens with zero attached hydrogens (tertiary/aromatic N) is 2. The fraction of sp³-hybridized carbons (Fsp3) is 0.241. The van der Waals surface area contributed by atoms with Gasteiger partial charge in [0.15, 0.2) is 5.69 Å². The first-order valence-corrected chi connectivity index (χ1v) is 11.9. The maximum Gasteiger partial charge on any atom is 0.273 e. The van der Waals surface area contributed by atoms with Crippen LogP contribution in [0.25, 0.3) is 0 Å². The number of oxazole rings is 1. The zero-order chi connectivity index (χ0) is 26.2. The lowest BCUT2D eigenvalue weighted by Crippen LogP contribution is -2.27. The summed E-state index contributed by atoms with van der Waals surface area (Å²) < 4.78 is 29.8. The number of nitrogens with one attached hydrogen (secondary N) is 1. The SMILES string of the molecule is COc1ccc(OC)c(CN(Cc2nc(C(=O)NCc3ccc(F)cc3)co2)[C@H](C)c2ccccc2)c1. The summed E-state index contributed by atoms with van der Waals surface area (Å²) in [6.45, 7) is 3.27. The second-order valence-electron chi connectivity index (χ2n) is 8.61. The van der Waals surface area contributed by atoms with Crippen LogP contribution in [0.4, 0.5) is 4.39 Å². The van der Waals surface area contributed by atoms with Crippen LogP contribution in [0.15, 0.2) is 83.5 Å². The van der Waals surface area contributed by atoms with Crippen LogP contribution >= 0.6 is 0 Å². The molecule has 0 saturated heterocycles. The Morgan fingerprint density at radius 2 is 1.78 bits per heavy atom. The minimum Gasteiger partial charge on any atom is -0.497 e. The van der Waals surface area contributed by atoms with Crippen molar-refractivity contribution in [2.75, 3.05) is 14.2 Å². The molecule has 0 aliphatic rings. The van der Waals surface area contributed by atoms with Gasteiger partial charge in [-0.05, 0) is 48.4 Å². The van der Waals surface area contributed by atoms with E-state index in [0.717, 1.165) is 28.2 Å². The number of hydrogen-bond donors (Lipinski definition) is 1. The Balaban J connectivity index is 1.52. The summed E-state index contributed by atoms with van der Waals surface area (Å²) in [5, 5.41) is 2.79. The summed E-state index contributed by atoms with van der Waals surface area (Å²) in [6.07, 6.45) is 1.35. The van der Waals surface area contributed by atoms with Gasteiger partial charge in [-0.3, -0.25) is 9.69 Å². The van der Waals surface area contributed by atoms with Gasteiger partial charge in [0.25, 0.3) is 5.91 Å². The highest BCUT2D eigenvalue weighted by Gasteiger charge is 2.22. The van der Waals surface area contributed by atoms with Gasteiger partial charge in [-0.2, -0.15) is 0 Å². The molecule has 1 amide bonds. The zero-order valence-corrected chi connectivity index (χ0v) is 21.1. The van der Waals surface area contributed by atoms with E-state index in [9.17, 15) is 9.18 Å². The van der Waals surface area contributed by atoms with Crippen LogP contribution in [0.3, 0.4) is 0 Å². The molecule has 0 radical (unpaired) electrons. The molecule has 1 atom stereocenters. The fourth-order valence-electron chi connectivity index (χ4n) is 4.03. The van der Waals surface area contributed by atoms with E-state index in [2.05, 4.69) is 34.3 Å². The van der Waals surface area contributed by atoms with Crippen molar-refractivity contribution >= 4 is 5.91 Å². The third-order valence-electron chi connectivity index (χ3n) is 6.18. The number of hydrogen-bond acceptors (Lipinski definition) is 6. The van der Waals surface area contributed by atoms with Gasteiger partial charge in [-0.15, -0.1) is 0 Å². The summed E-state index contributed by atoms with van der Waals surface area (Å²) in [6, 6.07) is 21.8. The number of benzene rings is 3. The molecule has 1 aromatic heterocycles. The van der Waals surface area contributed by atoms with Gasteiger partial charge in [-0.25, -0.2) is 9.37 Å². The summed E-state index contributed by atoms with van der Waals surface area (Å²) in [5.41, 5.74) is 3.05. The van der Waals surface area contributed by atoms with Crippen molar-refractivity contribution in [3.05, 3.63) is 113 Å². The van der Waals surface area contributed by atoms with Crippen LogP contribution in [0, 0.1) is 5.82 Å². The largest absolute Gasteiger partial charge is 0.497 e. The van der Waals surface area contributed by atoms with E-state index in [0.29, 0.717) is 19.0 Å². The second-order valence-corrected chi connectivity index (χ2v) is 8.61. The zero-order valence-electron chi connectivity index (χ0n) is 21.1. The van der Waals surface area contributed by atoms with Gasteiger partial charge in [0.1, 0.15) is 23.6 Å². The molecule has 0 bridgehead atoms. The van der Waals surface area contributed by atoms with Crippen molar-refractivity contribution in [1.29, 1.82) is 0 Å². The van der Waals surface area contributed by atoms with Gasteiger partial charge in [0.05, 0.1) is 20.8 Å². The topological polar surface area (TPSA) is 76.8 Å². The molecule has 0 aliphatic carbocycles. The highest BCUT2D eigenvalue weighted by molar-refractivity contribution is 5.91. The number of rotatable bonds is 11. The number of aromatic nitrogens is 1. The van der Waals surface area contributed by atoms with Gasteiger partial charge < -0.3 is 19.2 Å². The van der Waals surface area contributed by atoms with E-state index in [1.165, 1.54) is 18.4 Å². The van der Waals surface area contributed by atoms with Crippen molar-refractivity contribution < 1.29 is 23.1 Å². The molecule has 0 spiro atoms. The van der Waals surface area contributed by atoms with Crippen LogP contribution in [0.5, 0.6) is 11.5 Å². The van der Waals surface area contributed by atoms with Gasteiger partial charge in [0, 0.05) is 24.7 Å². The molecule has 4 aromatic rings. The Labute approximate surface area is 215 Å². The maximum absolute atomic E-state index is 13.1. The fourth-order valence-corrected chi connectivity index (χ4v) is 4.03. The lowest BCUT2D eigenvalue weighted by atomic mass is 10.1. The van der Waals surface area contributed by atoms with Crippen molar-refractivity contribution in [1.82, 2.24) is 15.2 Å². The molecule has 0 aliphatic heterocycles. The van der Waals surface area contributed by atoms with Crippen LogP contribution in [-0.4, -0.2) is 30.0 Å². The lowest BCUT2D eigenvalue weighted by molar-refractivity contribution is 0.0945. The Kier molecular flexibility index (Phi) is 8.53. The van der Waals surface area contributed by atoms with E-state index >= 15 is 0 Å². The highest BCUT2D eigenvalue weighted by atomic mass is 19.1. The third kappa shape index (κ3) is 6.74. The van der Waals surface area contributed by atoms with Crippen molar-refractivity contribution in [2.45, 2.75) is 32.6 Å². The monoisotopic (exact) mass is 503 g/mol. The molecule has 1 heterocycles. The normalized spacial score (nSPS) is 11.8. The van der Waals surface area contributed by atoms with E-state index in [1.807, 2.05) is 36.4 Å². The number of halogens is 1. The summed E-state index contributed by atoms with van der Waals surface area (Å²) in [4.78, 5) is 19.3. The Bertz CT molecular complexity index is 1310. The van der Waals surface area contributed by atoms with Crippen molar-refractivity contribution in [3.63, 3.8) is 0 Å². The summed E-state index contributed by atoms with van der Waals surface area (Å²) in [7, 11) is 3.27. The minimum absolute atomic E-state index is 0.0137. The molecule has 7 nitrogen and oxygen atoms in total. The number of methoxy groups -OCH3 is 2. The van der Waals surface area contributed by atoms with Crippen LogP contribution in [0.2, 0.25) is 0 Å². The Hall–Kier alpha value is -4.17. The number of carbonyl (C=O) groups excluding carboxylic acids is 1. The molecule has 0 fully saturated rings. The number of amides is 1. The number of ether oxygens (including phenoxy) is 2. The summed E-state index contributed by atoms with van der Waals surface area (Å²) in [5.74, 6) is 1.21. The maximum atomic E-state index is 13.1. The Morgan fingerprint density at radius 1 is 1.03 bits per heavy atom. The van der Waals surface area contributed by atoms with E-state index in [-0.39, 0.29) is 30.0 Å². The van der Waals surface area contributed by atoms with E-state index in [1.54, 1.807) is 26.4 Å². The van der Waals surface area contributed by atoms with Crippen LogP contribution in [-0.2, 0) is 19.6 Å². The molecular formula is C29H30FN3O4. The molecule has 192 valence electrons. The number of carbonyl (C=O) groups is 1. The lowest BCUT2D eigenvalue weighted by Gasteiger charge is -2.29. The first-order valence-electron chi connectivity index (χ1n) is 11.9. The van der Waals surface area contributed by atoms with Crippen LogP contribution in [0.1, 0.15) is 46.0 Å².